The molecule has 1 aliphatic carbocycles. The molecule has 1 aromatic carbocycles. The zero-order valence-electron chi connectivity index (χ0n) is 18.0. The highest BCUT2D eigenvalue weighted by molar-refractivity contribution is 6.01. The zero-order chi connectivity index (χ0) is 22.3. The second-order valence-electron chi connectivity index (χ2n) is 8.12. The van der Waals surface area contributed by atoms with E-state index in [1.165, 1.54) is 12.8 Å². The Hall–Kier alpha value is -3.68. The first-order chi connectivity index (χ1) is 15.6. The molecule has 166 valence electrons. The molecule has 0 radical (unpaired) electrons. The van der Waals surface area contributed by atoms with Crippen LogP contribution in [0.3, 0.4) is 0 Å². The molecule has 0 unspecified atom stereocenters. The van der Waals surface area contributed by atoms with E-state index in [4.69, 9.17) is 4.74 Å². The number of aromatic nitrogens is 3. The van der Waals surface area contributed by atoms with Gasteiger partial charge in [-0.05, 0) is 48.7 Å². The molecule has 4 rings (SSSR count). The molecular formula is C24H27N5O3. The van der Waals surface area contributed by atoms with Crippen molar-refractivity contribution in [3.63, 3.8) is 0 Å². The third kappa shape index (κ3) is 5.72. The van der Waals surface area contributed by atoms with Crippen molar-refractivity contribution in [2.24, 2.45) is 13.0 Å². The Morgan fingerprint density at radius 3 is 2.56 bits per heavy atom. The minimum Gasteiger partial charge on any atom is -0.456 e. The van der Waals surface area contributed by atoms with E-state index in [-0.39, 0.29) is 11.8 Å². The Morgan fingerprint density at radius 1 is 1.12 bits per heavy atom. The standard InChI is InChI=1S/C24H27N5O3/c1-29-16-19(14-26-29)27-24(31)22(13-17-5-2-3-6-17)28-23(30)18-8-10-20(11-9-18)32-21-7-4-12-25-15-21/h4,7-12,14-17,22H,2-3,5-6,13H2,1H3,(H,27,31)(H,28,30)/t22-/m0/s1. The minimum absolute atomic E-state index is 0.227. The monoisotopic (exact) mass is 433 g/mol. The summed E-state index contributed by atoms with van der Waals surface area (Å²) in [5.74, 6) is 1.15. The fourth-order valence-electron chi connectivity index (χ4n) is 3.99. The molecule has 2 heterocycles. The van der Waals surface area contributed by atoms with Crippen LogP contribution in [0.15, 0.2) is 61.2 Å². The molecule has 0 spiro atoms. The Balaban J connectivity index is 1.41. The Labute approximate surface area is 187 Å². The molecule has 2 aromatic heterocycles. The molecule has 8 nitrogen and oxygen atoms in total. The number of anilines is 1. The quantitative estimate of drug-likeness (QED) is 0.561. The summed E-state index contributed by atoms with van der Waals surface area (Å²) >= 11 is 0. The van der Waals surface area contributed by atoms with Crippen molar-refractivity contribution in [1.82, 2.24) is 20.1 Å². The van der Waals surface area contributed by atoms with Gasteiger partial charge in [0.2, 0.25) is 5.91 Å². The van der Waals surface area contributed by atoms with Crippen molar-refractivity contribution in [2.45, 2.75) is 38.1 Å². The van der Waals surface area contributed by atoms with Gasteiger partial charge in [0.25, 0.3) is 5.91 Å². The highest BCUT2D eigenvalue weighted by Crippen LogP contribution is 2.29. The topological polar surface area (TPSA) is 98.1 Å². The summed E-state index contributed by atoms with van der Waals surface area (Å²) in [5.41, 5.74) is 1.08. The Kier molecular flexibility index (Phi) is 6.79. The van der Waals surface area contributed by atoms with Crippen molar-refractivity contribution in [1.29, 1.82) is 0 Å². The first-order valence-corrected chi connectivity index (χ1v) is 10.8. The number of hydrogen-bond donors (Lipinski definition) is 2. The van der Waals surface area contributed by atoms with Gasteiger partial charge in [-0.2, -0.15) is 5.10 Å². The molecule has 32 heavy (non-hydrogen) atoms. The van der Waals surface area contributed by atoms with E-state index < -0.39 is 6.04 Å². The normalized spacial score (nSPS) is 14.7. The van der Waals surface area contributed by atoms with Crippen molar-refractivity contribution in [2.75, 3.05) is 5.32 Å². The molecule has 1 aliphatic rings. The first kappa shape index (κ1) is 21.5. The number of ether oxygens (including phenoxy) is 1. The van der Waals surface area contributed by atoms with Crippen LogP contribution in [0.5, 0.6) is 11.5 Å². The van der Waals surface area contributed by atoms with Crippen LogP contribution in [0.1, 0.15) is 42.5 Å². The number of rotatable bonds is 8. The number of benzene rings is 1. The van der Waals surface area contributed by atoms with Crippen LogP contribution in [-0.4, -0.2) is 32.6 Å². The van der Waals surface area contributed by atoms with Crippen LogP contribution >= 0.6 is 0 Å². The van der Waals surface area contributed by atoms with Gasteiger partial charge in [-0.3, -0.25) is 19.3 Å². The van der Waals surface area contributed by atoms with Gasteiger partial charge in [0.1, 0.15) is 17.5 Å². The predicted molar refractivity (Wildman–Crippen MR) is 120 cm³/mol. The number of nitrogens with one attached hydrogen (secondary N) is 2. The third-order valence-corrected chi connectivity index (χ3v) is 5.62. The lowest BCUT2D eigenvalue weighted by Crippen LogP contribution is -2.44. The maximum Gasteiger partial charge on any atom is 0.251 e. The van der Waals surface area contributed by atoms with E-state index in [2.05, 4.69) is 20.7 Å². The molecule has 2 amide bonds. The smallest absolute Gasteiger partial charge is 0.251 e. The summed E-state index contributed by atoms with van der Waals surface area (Å²) in [6.07, 6.45) is 11.8. The van der Waals surface area contributed by atoms with Crippen molar-refractivity contribution in [3.8, 4) is 11.5 Å². The third-order valence-electron chi connectivity index (χ3n) is 5.62. The maximum atomic E-state index is 12.9. The summed E-state index contributed by atoms with van der Waals surface area (Å²) < 4.78 is 7.34. The summed E-state index contributed by atoms with van der Waals surface area (Å²) in [6, 6.07) is 9.81. The zero-order valence-corrected chi connectivity index (χ0v) is 18.0. The molecule has 1 atom stereocenters. The summed E-state index contributed by atoms with van der Waals surface area (Å²) in [6.45, 7) is 0. The van der Waals surface area contributed by atoms with Gasteiger partial charge < -0.3 is 15.4 Å². The molecular weight excluding hydrogens is 406 g/mol. The molecule has 8 heteroatoms. The average Bonchev–Trinajstić information content (AvgIpc) is 3.46. The van der Waals surface area contributed by atoms with E-state index in [0.29, 0.717) is 35.1 Å². The van der Waals surface area contributed by atoms with E-state index in [0.717, 1.165) is 12.8 Å². The number of nitrogens with zero attached hydrogens (tertiary/aromatic N) is 3. The molecule has 3 aromatic rings. The molecule has 0 aliphatic heterocycles. The van der Waals surface area contributed by atoms with Crippen LogP contribution in [0.4, 0.5) is 5.69 Å². The van der Waals surface area contributed by atoms with E-state index in [9.17, 15) is 9.59 Å². The van der Waals surface area contributed by atoms with Crippen molar-refractivity contribution in [3.05, 3.63) is 66.7 Å². The van der Waals surface area contributed by atoms with Gasteiger partial charge in [-0.25, -0.2) is 0 Å². The fraction of sp³-hybridized carbons (Fsp3) is 0.333. The number of amides is 2. The van der Waals surface area contributed by atoms with Gasteiger partial charge >= 0.3 is 0 Å². The van der Waals surface area contributed by atoms with Crippen LogP contribution in [0, 0.1) is 5.92 Å². The lowest BCUT2D eigenvalue weighted by Gasteiger charge is -2.21. The Morgan fingerprint density at radius 2 is 1.91 bits per heavy atom. The molecule has 1 saturated carbocycles. The fourth-order valence-corrected chi connectivity index (χ4v) is 3.99. The number of carbonyl (C=O) groups is 2. The summed E-state index contributed by atoms with van der Waals surface area (Å²) in [7, 11) is 1.79. The second kappa shape index (κ2) is 10.1. The van der Waals surface area contributed by atoms with E-state index in [1.807, 2.05) is 6.07 Å². The summed E-state index contributed by atoms with van der Waals surface area (Å²) in [5, 5.41) is 9.87. The Bertz CT molecular complexity index is 1040. The van der Waals surface area contributed by atoms with E-state index in [1.54, 1.807) is 66.8 Å². The van der Waals surface area contributed by atoms with Gasteiger partial charge in [-0.1, -0.05) is 25.7 Å². The van der Waals surface area contributed by atoms with E-state index >= 15 is 0 Å². The highest BCUT2D eigenvalue weighted by atomic mass is 16.5. The number of pyridine rings is 1. The first-order valence-electron chi connectivity index (χ1n) is 10.8. The van der Waals surface area contributed by atoms with Gasteiger partial charge in [0.15, 0.2) is 0 Å². The maximum absolute atomic E-state index is 12.9. The summed E-state index contributed by atoms with van der Waals surface area (Å²) in [4.78, 5) is 29.9. The second-order valence-corrected chi connectivity index (χ2v) is 8.12. The molecule has 0 saturated heterocycles. The number of hydrogen-bond acceptors (Lipinski definition) is 5. The minimum atomic E-state index is -0.614. The lowest BCUT2D eigenvalue weighted by atomic mass is 9.97. The van der Waals surface area contributed by atoms with Gasteiger partial charge in [-0.15, -0.1) is 0 Å². The van der Waals surface area contributed by atoms with Gasteiger partial charge in [0, 0.05) is 25.0 Å². The molecule has 1 fully saturated rings. The molecule has 2 N–H and O–H groups in total. The largest absolute Gasteiger partial charge is 0.456 e. The van der Waals surface area contributed by atoms with Crippen LogP contribution in [-0.2, 0) is 11.8 Å². The molecule has 0 bridgehead atoms. The number of aryl methyl sites for hydroxylation is 1. The SMILES string of the molecule is Cn1cc(NC(=O)[C@H](CC2CCCC2)NC(=O)c2ccc(Oc3cccnc3)cc2)cn1. The van der Waals surface area contributed by atoms with Crippen LogP contribution in [0.25, 0.3) is 0 Å². The highest BCUT2D eigenvalue weighted by Gasteiger charge is 2.27. The van der Waals surface area contributed by atoms with Gasteiger partial charge in [0.05, 0.1) is 18.1 Å². The lowest BCUT2D eigenvalue weighted by molar-refractivity contribution is -0.118. The number of carbonyl (C=O) groups excluding carboxylic acids is 2. The predicted octanol–water partition coefficient (Wildman–Crippen LogP) is 3.92. The van der Waals surface area contributed by atoms with Crippen LogP contribution < -0.4 is 15.4 Å². The average molecular weight is 434 g/mol. The van der Waals surface area contributed by atoms with Crippen LogP contribution in [0.2, 0.25) is 0 Å². The van der Waals surface area contributed by atoms with Crippen molar-refractivity contribution < 1.29 is 14.3 Å². The van der Waals surface area contributed by atoms with Crippen molar-refractivity contribution >= 4 is 17.5 Å².